The van der Waals surface area contributed by atoms with E-state index in [9.17, 15) is 18.0 Å². The lowest BCUT2D eigenvalue weighted by Gasteiger charge is -2.30. The summed E-state index contributed by atoms with van der Waals surface area (Å²) in [5.74, 6) is 0.416. The van der Waals surface area contributed by atoms with E-state index in [0.717, 1.165) is 16.3 Å². The average Bonchev–Trinajstić information content (AvgIpc) is 3.41. The molecule has 2 aromatic heterocycles. The molecule has 1 amide bonds. The number of rotatable bonds is 8. The highest BCUT2D eigenvalue weighted by Gasteiger charge is 2.36. The van der Waals surface area contributed by atoms with Crippen molar-refractivity contribution in [1.29, 1.82) is 0 Å². The van der Waals surface area contributed by atoms with E-state index in [1.807, 2.05) is 4.90 Å². The highest BCUT2D eigenvalue weighted by atomic mass is 35.5. The van der Waals surface area contributed by atoms with Crippen LogP contribution in [0.2, 0.25) is 10.0 Å². The molecule has 3 heterocycles. The van der Waals surface area contributed by atoms with Crippen molar-refractivity contribution in [3.05, 3.63) is 70.0 Å². The Labute approximate surface area is 248 Å². The number of nitrogens with two attached hydrogens (primary N) is 1. The standard InChI is InChI=1S/C27H26Cl2F3N7O3/c1-41-17-4-2-16(3-5-17)14-38(15-25(40)35-21-11-19(29)18(28)10-20(21)33)22-12-24(37-6-8-42-9-7-37)36-39-23(27(30,31)32)13-34-26(22)39/h2-5,10-13H,6-9,14-15,33H2,1H3,(H,35,40). The zero-order valence-corrected chi connectivity index (χ0v) is 23.8. The molecule has 5 rings (SSSR count). The summed E-state index contributed by atoms with van der Waals surface area (Å²) in [6.07, 6.45) is -3.98. The Morgan fingerprint density at radius 2 is 1.83 bits per heavy atom. The number of nitrogens with one attached hydrogen (secondary N) is 1. The number of amides is 1. The molecule has 0 unspecified atom stereocenters. The number of fused-ring (bicyclic) bond motifs is 1. The van der Waals surface area contributed by atoms with Crippen LogP contribution in [0.1, 0.15) is 11.3 Å². The number of carbonyl (C=O) groups excluding carboxylic acids is 1. The topological polar surface area (TPSA) is 110 Å². The fourth-order valence-corrected chi connectivity index (χ4v) is 4.86. The fraction of sp³-hybridized carbons (Fsp3) is 0.296. The first-order valence-corrected chi connectivity index (χ1v) is 13.5. The second-order valence-electron chi connectivity index (χ2n) is 9.47. The van der Waals surface area contributed by atoms with Gasteiger partial charge in [-0.05, 0) is 29.8 Å². The van der Waals surface area contributed by atoms with Crippen LogP contribution in [0, 0.1) is 0 Å². The molecule has 0 bridgehead atoms. The minimum absolute atomic E-state index is 0.0605. The number of ether oxygens (including phenoxy) is 2. The predicted octanol–water partition coefficient (Wildman–Crippen LogP) is 5.13. The highest BCUT2D eigenvalue weighted by Crippen LogP contribution is 2.35. The predicted molar refractivity (Wildman–Crippen MR) is 155 cm³/mol. The zero-order valence-electron chi connectivity index (χ0n) is 22.3. The number of alkyl halides is 3. The summed E-state index contributed by atoms with van der Waals surface area (Å²) < 4.78 is 53.3. The van der Waals surface area contributed by atoms with Gasteiger partial charge < -0.3 is 30.3 Å². The number of hydrogen-bond donors (Lipinski definition) is 2. The zero-order chi connectivity index (χ0) is 30.0. The van der Waals surface area contributed by atoms with Crippen LogP contribution in [0.5, 0.6) is 5.75 Å². The quantitative estimate of drug-likeness (QED) is 0.260. The maximum Gasteiger partial charge on any atom is 0.435 e. The molecular formula is C27H26Cl2F3N7O3. The van der Waals surface area contributed by atoms with Crippen LogP contribution in [0.15, 0.2) is 48.7 Å². The van der Waals surface area contributed by atoms with Crippen LogP contribution < -0.4 is 25.6 Å². The van der Waals surface area contributed by atoms with Gasteiger partial charge in [0.15, 0.2) is 17.2 Å². The van der Waals surface area contributed by atoms with Gasteiger partial charge in [-0.2, -0.15) is 13.2 Å². The number of imidazole rings is 1. The van der Waals surface area contributed by atoms with E-state index in [1.165, 1.54) is 19.2 Å². The summed E-state index contributed by atoms with van der Waals surface area (Å²) in [6.45, 7) is 1.53. The van der Waals surface area contributed by atoms with Gasteiger partial charge in [0.25, 0.3) is 0 Å². The average molecular weight is 624 g/mol. The molecule has 3 N–H and O–H groups in total. The lowest BCUT2D eigenvalue weighted by Crippen LogP contribution is -2.38. The minimum Gasteiger partial charge on any atom is -0.497 e. The number of benzene rings is 2. The van der Waals surface area contributed by atoms with Crippen molar-refractivity contribution in [2.75, 3.05) is 60.8 Å². The first kappa shape index (κ1) is 29.5. The van der Waals surface area contributed by atoms with Gasteiger partial charge in [0.1, 0.15) is 5.75 Å². The molecule has 0 atom stereocenters. The number of nitrogen functional groups attached to an aromatic ring is 1. The van der Waals surface area contributed by atoms with Gasteiger partial charge in [0.05, 0.1) is 60.2 Å². The van der Waals surface area contributed by atoms with E-state index in [-0.39, 0.29) is 51.7 Å². The molecule has 0 spiro atoms. The number of methoxy groups -OCH3 is 1. The van der Waals surface area contributed by atoms with E-state index in [1.54, 1.807) is 35.2 Å². The summed E-state index contributed by atoms with van der Waals surface area (Å²) in [4.78, 5) is 20.9. The Balaban J connectivity index is 1.58. The third kappa shape index (κ3) is 6.42. The molecule has 15 heteroatoms. The van der Waals surface area contributed by atoms with Crippen molar-refractivity contribution in [1.82, 2.24) is 14.6 Å². The molecule has 2 aromatic carbocycles. The van der Waals surface area contributed by atoms with Crippen LogP contribution in [-0.2, 0) is 22.3 Å². The summed E-state index contributed by atoms with van der Waals surface area (Å²) in [5, 5.41) is 7.43. The molecule has 42 heavy (non-hydrogen) atoms. The maximum atomic E-state index is 14.0. The molecule has 1 fully saturated rings. The molecule has 0 saturated carbocycles. The monoisotopic (exact) mass is 623 g/mol. The molecule has 1 aliphatic heterocycles. The third-order valence-electron chi connectivity index (χ3n) is 6.63. The third-order valence-corrected chi connectivity index (χ3v) is 7.36. The van der Waals surface area contributed by atoms with Crippen molar-refractivity contribution in [3.8, 4) is 5.75 Å². The number of halogens is 5. The Hall–Kier alpha value is -3.94. The molecule has 4 aromatic rings. The number of anilines is 4. The summed E-state index contributed by atoms with van der Waals surface area (Å²) in [5.41, 5.74) is 6.41. The lowest BCUT2D eigenvalue weighted by molar-refractivity contribution is -0.142. The van der Waals surface area contributed by atoms with Crippen molar-refractivity contribution < 1.29 is 27.4 Å². The molecule has 1 aliphatic rings. The first-order valence-electron chi connectivity index (χ1n) is 12.7. The largest absolute Gasteiger partial charge is 0.497 e. The second-order valence-corrected chi connectivity index (χ2v) is 10.3. The SMILES string of the molecule is COc1ccc(CN(CC(=O)Nc2cc(Cl)c(Cl)cc2N)c2cc(N3CCOCC3)nn3c(C(F)(F)F)cnc23)cc1. The summed E-state index contributed by atoms with van der Waals surface area (Å²) in [6, 6.07) is 11.6. The fourth-order valence-electron chi connectivity index (χ4n) is 4.52. The van der Waals surface area contributed by atoms with Gasteiger partial charge in [-0.15, -0.1) is 5.10 Å². The molecule has 222 valence electrons. The highest BCUT2D eigenvalue weighted by molar-refractivity contribution is 6.42. The first-order chi connectivity index (χ1) is 20.0. The van der Waals surface area contributed by atoms with Crippen molar-refractivity contribution >= 4 is 57.6 Å². The minimum atomic E-state index is -4.71. The van der Waals surface area contributed by atoms with Gasteiger partial charge in [-0.1, -0.05) is 35.3 Å². The number of nitrogens with zero attached hydrogens (tertiary/aromatic N) is 5. The number of carbonyl (C=O) groups is 1. The van der Waals surface area contributed by atoms with Gasteiger partial charge in [0.2, 0.25) is 5.91 Å². The van der Waals surface area contributed by atoms with E-state index in [0.29, 0.717) is 32.1 Å². The second kappa shape index (κ2) is 12.1. The van der Waals surface area contributed by atoms with Crippen LogP contribution >= 0.6 is 23.2 Å². The van der Waals surface area contributed by atoms with Crippen molar-refractivity contribution in [2.24, 2.45) is 0 Å². The van der Waals surface area contributed by atoms with Gasteiger partial charge in [-0.25, -0.2) is 9.50 Å². The maximum absolute atomic E-state index is 14.0. The van der Waals surface area contributed by atoms with Crippen LogP contribution in [0.25, 0.3) is 5.65 Å². The van der Waals surface area contributed by atoms with Crippen LogP contribution in [0.3, 0.4) is 0 Å². The summed E-state index contributed by atoms with van der Waals surface area (Å²) >= 11 is 12.1. The number of hydrogen-bond acceptors (Lipinski definition) is 8. The van der Waals surface area contributed by atoms with Gasteiger partial charge in [0, 0.05) is 25.7 Å². The number of morpholine rings is 1. The van der Waals surface area contributed by atoms with Crippen molar-refractivity contribution in [3.63, 3.8) is 0 Å². The Kier molecular flexibility index (Phi) is 8.53. The summed E-state index contributed by atoms with van der Waals surface area (Å²) in [7, 11) is 1.54. The lowest BCUT2D eigenvalue weighted by atomic mass is 10.2. The van der Waals surface area contributed by atoms with Gasteiger partial charge in [-0.3, -0.25) is 4.79 Å². The normalized spacial score (nSPS) is 13.8. The van der Waals surface area contributed by atoms with E-state index in [2.05, 4.69) is 15.4 Å². The molecule has 0 aliphatic carbocycles. The van der Waals surface area contributed by atoms with Gasteiger partial charge >= 0.3 is 6.18 Å². The van der Waals surface area contributed by atoms with Crippen molar-refractivity contribution in [2.45, 2.75) is 12.7 Å². The molecular weight excluding hydrogens is 598 g/mol. The smallest absolute Gasteiger partial charge is 0.435 e. The number of aromatic nitrogens is 3. The van der Waals surface area contributed by atoms with E-state index in [4.69, 9.17) is 38.4 Å². The van der Waals surface area contributed by atoms with Crippen LogP contribution in [-0.4, -0.2) is 60.5 Å². The molecule has 0 radical (unpaired) electrons. The molecule has 10 nitrogen and oxygen atoms in total. The Morgan fingerprint density at radius 3 is 2.50 bits per heavy atom. The van der Waals surface area contributed by atoms with E-state index < -0.39 is 17.8 Å². The Bertz CT molecular complexity index is 1590. The van der Waals surface area contributed by atoms with E-state index >= 15 is 0 Å². The Morgan fingerprint density at radius 1 is 1.14 bits per heavy atom. The molecule has 1 saturated heterocycles. The van der Waals surface area contributed by atoms with Crippen LogP contribution in [0.4, 0.5) is 36.1 Å².